The van der Waals surface area contributed by atoms with Gasteiger partial charge in [-0.3, -0.25) is 9.13 Å². The Morgan fingerprint density at radius 2 is 1.09 bits per heavy atom. The van der Waals surface area contributed by atoms with Crippen molar-refractivity contribution in [2.45, 2.75) is 49.1 Å². The van der Waals surface area contributed by atoms with E-state index in [-0.39, 0.29) is 11.6 Å². The lowest BCUT2D eigenvalue weighted by Crippen LogP contribution is -2.36. The van der Waals surface area contributed by atoms with E-state index in [4.69, 9.17) is 31.2 Å². The smallest absolute Gasteiger partial charge is 0.351 e. The number of aliphatic hydroxyl groups is 6. The molecular formula is C18H26N6O10. The number of hydrogen-bond acceptors (Lipinski definition) is 14. The third-order valence-electron chi connectivity index (χ3n) is 5.29. The number of nitrogen functional groups attached to an aromatic ring is 2. The van der Waals surface area contributed by atoms with Gasteiger partial charge in [-0.25, -0.2) is 9.59 Å². The molecule has 8 atom stereocenters. The zero-order chi connectivity index (χ0) is 25.2. The molecule has 2 fully saturated rings. The van der Waals surface area contributed by atoms with E-state index in [1.54, 1.807) is 0 Å². The number of aliphatic hydroxyl groups excluding tert-OH is 6. The van der Waals surface area contributed by atoms with Crippen LogP contribution in [-0.4, -0.2) is 99.6 Å². The van der Waals surface area contributed by atoms with Crippen LogP contribution in [0.5, 0.6) is 0 Å². The second-order valence-electron chi connectivity index (χ2n) is 7.54. The van der Waals surface area contributed by atoms with Crippen LogP contribution in [0.3, 0.4) is 0 Å². The van der Waals surface area contributed by atoms with Crippen LogP contribution in [0.25, 0.3) is 0 Å². The molecule has 2 saturated heterocycles. The van der Waals surface area contributed by atoms with Gasteiger partial charge in [0.15, 0.2) is 12.5 Å². The SMILES string of the molecule is Nc1ccn([C@@H]2O[C@H](CO)[C@@H](O)[C@H]2O)c(=O)n1.Nc1ccn([C@@H]2O[C@H](CO)[C@@H](O)[C@H]2O)c(=O)n1. The number of rotatable bonds is 4. The molecule has 0 bridgehead atoms. The predicted molar refractivity (Wildman–Crippen MR) is 112 cm³/mol. The van der Waals surface area contributed by atoms with Crippen LogP contribution in [0.2, 0.25) is 0 Å². The maximum Gasteiger partial charge on any atom is 0.351 e. The Morgan fingerprint density at radius 1 is 0.735 bits per heavy atom. The van der Waals surface area contributed by atoms with E-state index >= 15 is 0 Å². The summed E-state index contributed by atoms with van der Waals surface area (Å²) in [6.45, 7) is -0.905. The largest absolute Gasteiger partial charge is 0.394 e. The zero-order valence-corrected chi connectivity index (χ0v) is 17.6. The molecule has 2 aliphatic heterocycles. The molecule has 0 aromatic carbocycles. The molecule has 34 heavy (non-hydrogen) atoms. The van der Waals surface area contributed by atoms with Crippen molar-refractivity contribution in [1.82, 2.24) is 19.1 Å². The second-order valence-corrected chi connectivity index (χ2v) is 7.54. The van der Waals surface area contributed by atoms with Crippen LogP contribution in [0, 0.1) is 0 Å². The molecule has 0 unspecified atom stereocenters. The fourth-order valence-corrected chi connectivity index (χ4v) is 3.46. The van der Waals surface area contributed by atoms with E-state index < -0.39 is 73.7 Å². The highest BCUT2D eigenvalue weighted by atomic mass is 16.6. The Balaban J connectivity index is 0.000000191. The van der Waals surface area contributed by atoms with E-state index in [0.717, 1.165) is 9.13 Å². The number of nitrogens with two attached hydrogens (primary N) is 2. The van der Waals surface area contributed by atoms with Gasteiger partial charge in [0.25, 0.3) is 0 Å². The topological polar surface area (TPSA) is 262 Å². The minimum atomic E-state index is -1.31. The van der Waals surface area contributed by atoms with Gasteiger partial charge in [-0.15, -0.1) is 0 Å². The summed E-state index contributed by atoms with van der Waals surface area (Å²) in [4.78, 5) is 30.0. The average Bonchev–Trinajstić information content (AvgIpc) is 3.24. The van der Waals surface area contributed by atoms with Crippen molar-refractivity contribution in [2.24, 2.45) is 0 Å². The monoisotopic (exact) mass is 486 g/mol. The summed E-state index contributed by atoms with van der Waals surface area (Å²) >= 11 is 0. The van der Waals surface area contributed by atoms with Gasteiger partial charge < -0.3 is 51.6 Å². The third kappa shape index (κ3) is 5.08. The predicted octanol–water partition coefficient (Wildman–Crippen LogP) is -5.13. The van der Waals surface area contributed by atoms with Gasteiger partial charge in [-0.2, -0.15) is 9.97 Å². The molecule has 16 heteroatoms. The summed E-state index contributed by atoms with van der Waals surface area (Å²) in [5.74, 6) is 0.107. The van der Waals surface area contributed by atoms with Gasteiger partial charge in [0.2, 0.25) is 0 Å². The minimum absolute atomic E-state index is 0.0537. The summed E-state index contributed by atoms with van der Waals surface area (Å²) in [5, 5.41) is 56.3. The summed E-state index contributed by atoms with van der Waals surface area (Å²) in [7, 11) is 0. The standard InChI is InChI=1S/2C9H13N3O5/c2*10-5-1-2-12(9(16)11-5)8-7(15)6(14)4(3-13)17-8/h2*1-2,4,6-8,13-15H,3H2,(H2,10,11,16)/t2*4-,6-,7-,8-/m11/s1. The third-order valence-corrected chi connectivity index (χ3v) is 5.29. The minimum Gasteiger partial charge on any atom is -0.394 e. The van der Waals surface area contributed by atoms with Crippen LogP contribution in [0.1, 0.15) is 12.5 Å². The van der Waals surface area contributed by atoms with Crippen molar-refractivity contribution in [2.75, 3.05) is 24.7 Å². The van der Waals surface area contributed by atoms with Gasteiger partial charge in [0.05, 0.1) is 13.2 Å². The van der Waals surface area contributed by atoms with Gasteiger partial charge in [-0.05, 0) is 12.1 Å². The van der Waals surface area contributed by atoms with E-state index in [1.807, 2.05) is 0 Å². The Hall–Kier alpha value is -2.96. The van der Waals surface area contributed by atoms with Crippen molar-refractivity contribution in [3.63, 3.8) is 0 Å². The second kappa shape index (κ2) is 10.5. The van der Waals surface area contributed by atoms with Crippen molar-refractivity contribution >= 4 is 11.6 Å². The van der Waals surface area contributed by atoms with Crippen LogP contribution in [-0.2, 0) is 9.47 Å². The Labute approximate surface area is 190 Å². The van der Waals surface area contributed by atoms with Gasteiger partial charge in [0, 0.05) is 12.4 Å². The Morgan fingerprint density at radius 3 is 1.35 bits per heavy atom. The first kappa shape index (κ1) is 25.7. The number of anilines is 2. The average molecular weight is 486 g/mol. The number of hydrogen-bond donors (Lipinski definition) is 8. The molecule has 0 amide bonds. The number of ether oxygens (including phenoxy) is 2. The molecule has 0 aliphatic carbocycles. The molecule has 4 heterocycles. The quantitative estimate of drug-likeness (QED) is 0.201. The lowest BCUT2D eigenvalue weighted by atomic mass is 10.1. The maximum atomic E-state index is 11.5. The highest BCUT2D eigenvalue weighted by Gasteiger charge is 2.44. The highest BCUT2D eigenvalue weighted by Crippen LogP contribution is 2.28. The summed E-state index contributed by atoms with van der Waals surface area (Å²) in [5.41, 5.74) is 9.26. The van der Waals surface area contributed by atoms with Crippen molar-refractivity contribution in [1.29, 1.82) is 0 Å². The first-order valence-electron chi connectivity index (χ1n) is 10.0. The molecule has 0 saturated carbocycles. The molecule has 16 nitrogen and oxygen atoms in total. The molecule has 0 spiro atoms. The Kier molecular flexibility index (Phi) is 7.95. The summed E-state index contributed by atoms with van der Waals surface area (Å²) in [6.07, 6.45) is -6.53. The molecule has 2 aromatic heterocycles. The maximum absolute atomic E-state index is 11.5. The first-order valence-corrected chi connectivity index (χ1v) is 10.0. The van der Waals surface area contributed by atoms with E-state index in [2.05, 4.69) is 9.97 Å². The molecule has 0 radical (unpaired) electrons. The van der Waals surface area contributed by atoms with Crippen molar-refractivity contribution in [3.8, 4) is 0 Å². The fourth-order valence-electron chi connectivity index (χ4n) is 3.46. The molecule has 2 aromatic rings. The van der Waals surface area contributed by atoms with E-state index in [0.29, 0.717) is 0 Å². The van der Waals surface area contributed by atoms with Crippen LogP contribution >= 0.6 is 0 Å². The molecule has 4 rings (SSSR count). The van der Waals surface area contributed by atoms with E-state index in [1.165, 1.54) is 24.5 Å². The normalized spacial score (nSPS) is 32.9. The zero-order valence-electron chi connectivity index (χ0n) is 17.6. The highest BCUT2D eigenvalue weighted by molar-refractivity contribution is 5.24. The number of nitrogens with zero attached hydrogens (tertiary/aromatic N) is 4. The lowest BCUT2D eigenvalue weighted by Gasteiger charge is -2.16. The Bertz CT molecular complexity index is 1010. The summed E-state index contributed by atoms with van der Waals surface area (Å²) in [6, 6.07) is 2.74. The van der Waals surface area contributed by atoms with Crippen molar-refractivity contribution < 1.29 is 40.1 Å². The lowest BCUT2D eigenvalue weighted by molar-refractivity contribution is -0.0549. The molecule has 2 aliphatic rings. The molecular weight excluding hydrogens is 460 g/mol. The fraction of sp³-hybridized carbons (Fsp3) is 0.556. The van der Waals surface area contributed by atoms with E-state index in [9.17, 15) is 30.0 Å². The van der Waals surface area contributed by atoms with Gasteiger partial charge >= 0.3 is 11.4 Å². The molecule has 10 N–H and O–H groups in total. The van der Waals surface area contributed by atoms with Gasteiger partial charge in [-0.1, -0.05) is 0 Å². The van der Waals surface area contributed by atoms with Gasteiger partial charge in [0.1, 0.15) is 48.3 Å². The van der Waals surface area contributed by atoms with Crippen LogP contribution in [0.15, 0.2) is 34.1 Å². The number of aromatic nitrogens is 4. The van der Waals surface area contributed by atoms with Crippen molar-refractivity contribution in [3.05, 3.63) is 45.5 Å². The first-order chi connectivity index (χ1) is 16.1. The van der Waals surface area contributed by atoms with Crippen LogP contribution < -0.4 is 22.8 Å². The van der Waals surface area contributed by atoms with Crippen LogP contribution in [0.4, 0.5) is 11.6 Å². The molecule has 188 valence electrons. The summed E-state index contributed by atoms with van der Waals surface area (Å²) < 4.78 is 12.4.